The van der Waals surface area contributed by atoms with Crippen molar-refractivity contribution in [1.29, 1.82) is 0 Å². The van der Waals surface area contributed by atoms with Gasteiger partial charge >= 0.3 is 0 Å². The van der Waals surface area contributed by atoms with E-state index in [1.807, 2.05) is 31.2 Å². The molecule has 0 aliphatic carbocycles. The Labute approximate surface area is 130 Å². The molecule has 0 atom stereocenters. The quantitative estimate of drug-likeness (QED) is 0.827. The lowest BCUT2D eigenvalue weighted by atomic mass is 10.3. The van der Waals surface area contributed by atoms with Crippen LogP contribution in [0.25, 0.3) is 0 Å². The second-order valence-electron chi connectivity index (χ2n) is 3.89. The largest absolute Gasteiger partial charge is 0.383 e. The summed E-state index contributed by atoms with van der Waals surface area (Å²) in [4.78, 5) is 9.88. The van der Waals surface area contributed by atoms with Crippen LogP contribution in [-0.4, -0.2) is 9.97 Å². The molecule has 1 heterocycles. The predicted octanol–water partition coefficient (Wildman–Crippen LogP) is 4.33. The molecule has 1 aromatic carbocycles. The Morgan fingerprint density at radius 1 is 1.37 bits per heavy atom. The molecule has 6 heteroatoms. The minimum atomic E-state index is 0.494. The monoisotopic (exact) mass is 357 g/mol. The van der Waals surface area contributed by atoms with Gasteiger partial charge in [-0.1, -0.05) is 24.6 Å². The van der Waals surface area contributed by atoms with Crippen LogP contribution in [0.15, 0.2) is 33.6 Å². The third-order valence-electron chi connectivity index (χ3n) is 2.49. The minimum absolute atomic E-state index is 0.494. The number of nitrogens with zero attached hydrogens (tertiary/aromatic N) is 2. The number of rotatable bonds is 4. The van der Waals surface area contributed by atoms with Crippen LogP contribution in [0.3, 0.4) is 0 Å². The molecule has 0 saturated heterocycles. The molecule has 0 aliphatic heterocycles. The highest BCUT2D eigenvalue weighted by atomic mass is 79.9. The highest BCUT2D eigenvalue weighted by molar-refractivity contribution is 9.10. The first-order valence-corrected chi connectivity index (χ1v) is 7.95. The van der Waals surface area contributed by atoms with Crippen LogP contribution in [0.1, 0.15) is 18.4 Å². The van der Waals surface area contributed by atoms with Crippen LogP contribution in [0.4, 0.5) is 5.82 Å². The van der Waals surface area contributed by atoms with Crippen LogP contribution in [0.2, 0.25) is 5.02 Å². The number of nitrogen functional groups attached to an aromatic ring is 1. The lowest BCUT2D eigenvalue weighted by Gasteiger charge is -2.07. The number of hydrogen-bond acceptors (Lipinski definition) is 4. The summed E-state index contributed by atoms with van der Waals surface area (Å²) >= 11 is 11.0. The van der Waals surface area contributed by atoms with Crippen LogP contribution in [0, 0.1) is 0 Å². The zero-order valence-electron chi connectivity index (χ0n) is 10.4. The summed E-state index contributed by atoms with van der Waals surface area (Å²) in [6.07, 6.45) is 0.822. The average Bonchev–Trinajstić information content (AvgIpc) is 2.40. The van der Waals surface area contributed by atoms with E-state index in [1.54, 1.807) is 11.8 Å². The second kappa shape index (κ2) is 6.59. The summed E-state index contributed by atoms with van der Waals surface area (Å²) in [6, 6.07) is 7.72. The molecular formula is C13H13BrClN3S. The summed E-state index contributed by atoms with van der Waals surface area (Å²) < 4.78 is 0.798. The lowest BCUT2D eigenvalue weighted by molar-refractivity contribution is 0.934. The van der Waals surface area contributed by atoms with Gasteiger partial charge in [-0.3, -0.25) is 0 Å². The Bertz CT molecular complexity index is 592. The first-order valence-electron chi connectivity index (χ1n) is 5.79. The maximum absolute atomic E-state index is 5.95. The highest BCUT2D eigenvalue weighted by Gasteiger charge is 2.09. The molecule has 0 bridgehead atoms. The van der Waals surface area contributed by atoms with Gasteiger partial charge in [0.05, 0.1) is 15.9 Å². The Morgan fingerprint density at radius 3 is 2.84 bits per heavy atom. The van der Waals surface area contributed by atoms with Crippen LogP contribution >= 0.6 is 39.3 Å². The molecule has 2 rings (SSSR count). The van der Waals surface area contributed by atoms with E-state index in [0.29, 0.717) is 11.6 Å². The van der Waals surface area contributed by atoms with Crippen molar-refractivity contribution in [2.45, 2.75) is 24.0 Å². The van der Waals surface area contributed by atoms with Gasteiger partial charge in [-0.15, -0.1) is 11.8 Å². The number of thioether (sulfide) groups is 1. The van der Waals surface area contributed by atoms with Crippen LogP contribution in [-0.2, 0) is 12.2 Å². The molecule has 3 nitrogen and oxygen atoms in total. The Hall–Kier alpha value is -0.780. The topological polar surface area (TPSA) is 51.8 Å². The van der Waals surface area contributed by atoms with Gasteiger partial charge in [0.15, 0.2) is 0 Å². The molecule has 0 spiro atoms. The van der Waals surface area contributed by atoms with Gasteiger partial charge < -0.3 is 5.73 Å². The summed E-state index contributed by atoms with van der Waals surface area (Å²) in [7, 11) is 0. The van der Waals surface area contributed by atoms with Gasteiger partial charge in [0.2, 0.25) is 0 Å². The smallest absolute Gasteiger partial charge is 0.141 e. The summed E-state index contributed by atoms with van der Waals surface area (Å²) in [5, 5.41) is 0.732. The number of halogens is 2. The summed E-state index contributed by atoms with van der Waals surface area (Å²) in [5.74, 6) is 1.90. The van der Waals surface area contributed by atoms with Crippen molar-refractivity contribution in [3.63, 3.8) is 0 Å². The lowest BCUT2D eigenvalue weighted by Crippen LogP contribution is -2.04. The van der Waals surface area contributed by atoms with Gasteiger partial charge in [-0.25, -0.2) is 9.97 Å². The first-order chi connectivity index (χ1) is 9.10. The van der Waals surface area contributed by atoms with Crippen molar-refractivity contribution in [3.05, 3.63) is 45.3 Å². The van der Waals surface area contributed by atoms with Crippen LogP contribution < -0.4 is 5.73 Å². The van der Waals surface area contributed by atoms with Crippen molar-refractivity contribution in [1.82, 2.24) is 9.97 Å². The fourth-order valence-corrected chi connectivity index (χ4v) is 3.09. The van der Waals surface area contributed by atoms with E-state index in [4.69, 9.17) is 17.3 Å². The number of benzene rings is 1. The van der Waals surface area contributed by atoms with Crippen molar-refractivity contribution < 1.29 is 0 Å². The van der Waals surface area contributed by atoms with E-state index in [-0.39, 0.29) is 0 Å². The van der Waals surface area contributed by atoms with E-state index in [9.17, 15) is 0 Å². The average molecular weight is 359 g/mol. The van der Waals surface area contributed by atoms with E-state index in [1.165, 1.54) is 0 Å². The van der Waals surface area contributed by atoms with E-state index >= 15 is 0 Å². The zero-order chi connectivity index (χ0) is 13.8. The molecule has 0 radical (unpaired) electrons. The van der Waals surface area contributed by atoms with E-state index < -0.39 is 0 Å². The summed E-state index contributed by atoms with van der Waals surface area (Å²) in [6.45, 7) is 2.04. The van der Waals surface area contributed by atoms with Gasteiger partial charge in [0, 0.05) is 9.92 Å². The third-order valence-corrected chi connectivity index (χ3v) is 4.58. The molecule has 2 aromatic rings. The Morgan fingerprint density at radius 2 is 2.16 bits per heavy atom. The molecule has 0 fully saturated rings. The Kier molecular flexibility index (Phi) is 5.07. The van der Waals surface area contributed by atoms with Crippen molar-refractivity contribution >= 4 is 45.1 Å². The molecule has 1 aromatic heterocycles. The number of aromatic nitrogens is 2. The SMILES string of the molecule is CCc1nc(CSc2cccc(Cl)c2)nc(N)c1Br. The number of anilines is 1. The Balaban J connectivity index is 2.13. The second-order valence-corrected chi connectivity index (χ2v) is 6.16. The van der Waals surface area contributed by atoms with Crippen molar-refractivity contribution in [3.8, 4) is 0 Å². The molecule has 100 valence electrons. The number of hydrogen-bond donors (Lipinski definition) is 1. The van der Waals surface area contributed by atoms with Gasteiger partial charge in [0.25, 0.3) is 0 Å². The number of aryl methyl sites for hydroxylation is 1. The zero-order valence-corrected chi connectivity index (χ0v) is 13.5. The fourth-order valence-electron chi connectivity index (χ4n) is 1.57. The predicted molar refractivity (Wildman–Crippen MR) is 84.5 cm³/mol. The molecule has 0 aliphatic rings. The summed E-state index contributed by atoms with van der Waals surface area (Å²) in [5.41, 5.74) is 6.80. The third kappa shape index (κ3) is 3.84. The first kappa shape index (κ1) is 14.6. The molecular weight excluding hydrogens is 346 g/mol. The van der Waals surface area contributed by atoms with Crippen molar-refractivity contribution in [2.75, 3.05) is 5.73 Å². The van der Waals surface area contributed by atoms with Gasteiger partial charge in [-0.2, -0.15) is 0 Å². The van der Waals surface area contributed by atoms with Gasteiger partial charge in [-0.05, 0) is 40.5 Å². The number of nitrogens with two attached hydrogens (primary N) is 1. The van der Waals surface area contributed by atoms with E-state index in [2.05, 4.69) is 25.9 Å². The van der Waals surface area contributed by atoms with Crippen LogP contribution in [0.5, 0.6) is 0 Å². The fraction of sp³-hybridized carbons (Fsp3) is 0.231. The molecule has 0 unspecified atom stereocenters. The highest BCUT2D eigenvalue weighted by Crippen LogP contribution is 2.26. The molecule has 19 heavy (non-hydrogen) atoms. The van der Waals surface area contributed by atoms with E-state index in [0.717, 1.165) is 32.3 Å². The van der Waals surface area contributed by atoms with Crippen molar-refractivity contribution in [2.24, 2.45) is 0 Å². The molecule has 2 N–H and O–H groups in total. The normalized spacial score (nSPS) is 10.7. The molecule has 0 saturated carbocycles. The maximum Gasteiger partial charge on any atom is 0.141 e. The minimum Gasteiger partial charge on any atom is -0.383 e. The molecule has 0 amide bonds. The van der Waals surface area contributed by atoms with Gasteiger partial charge in [0.1, 0.15) is 11.6 Å². The standard InChI is InChI=1S/C13H13BrClN3S/c1-2-10-12(14)13(16)18-11(17-10)7-19-9-5-3-4-8(15)6-9/h3-6H,2,7H2,1H3,(H2,16,17,18). The maximum atomic E-state index is 5.95.